The topological polar surface area (TPSA) is 56.1 Å². The minimum atomic E-state index is -0.159. The Morgan fingerprint density at radius 1 is 1.35 bits per heavy atom. The number of amides is 1. The summed E-state index contributed by atoms with van der Waals surface area (Å²) >= 11 is 0. The van der Waals surface area contributed by atoms with Gasteiger partial charge in [0.2, 0.25) is 0 Å². The largest absolute Gasteiger partial charge is 0.493 e. The fraction of sp³-hybridized carbons (Fsp3) is 0.444. The Kier molecular flexibility index (Phi) is 4.65. The zero-order valence-electron chi connectivity index (χ0n) is 13.7. The van der Waals surface area contributed by atoms with Gasteiger partial charge in [0.15, 0.2) is 0 Å². The molecule has 1 amide bonds. The summed E-state index contributed by atoms with van der Waals surface area (Å²) in [6.45, 7) is 4.39. The molecule has 1 aliphatic carbocycles. The second-order valence-electron chi connectivity index (χ2n) is 5.94. The Morgan fingerprint density at radius 3 is 2.83 bits per heavy atom. The van der Waals surface area contributed by atoms with Gasteiger partial charge in [-0.2, -0.15) is 5.10 Å². The number of benzene rings is 1. The van der Waals surface area contributed by atoms with Crippen LogP contribution in [0.25, 0.3) is 0 Å². The Balaban J connectivity index is 1.83. The van der Waals surface area contributed by atoms with E-state index in [2.05, 4.69) is 10.4 Å². The molecule has 0 atom stereocenters. The van der Waals surface area contributed by atoms with Crippen molar-refractivity contribution in [2.45, 2.75) is 45.6 Å². The van der Waals surface area contributed by atoms with Crippen LogP contribution in [-0.2, 0) is 0 Å². The van der Waals surface area contributed by atoms with E-state index in [1.165, 1.54) is 12.8 Å². The summed E-state index contributed by atoms with van der Waals surface area (Å²) in [6, 6.07) is 9.63. The van der Waals surface area contributed by atoms with Crippen molar-refractivity contribution in [2.75, 3.05) is 11.9 Å². The first-order valence-corrected chi connectivity index (χ1v) is 8.28. The van der Waals surface area contributed by atoms with Gasteiger partial charge in [0.1, 0.15) is 11.6 Å². The van der Waals surface area contributed by atoms with Crippen molar-refractivity contribution >= 4 is 11.7 Å². The van der Waals surface area contributed by atoms with E-state index in [0.29, 0.717) is 24.0 Å². The van der Waals surface area contributed by atoms with Crippen molar-refractivity contribution in [1.82, 2.24) is 9.78 Å². The summed E-state index contributed by atoms with van der Waals surface area (Å²) in [5.41, 5.74) is 1.47. The molecule has 0 spiro atoms. The number of aryl methyl sites for hydroxylation is 1. The summed E-state index contributed by atoms with van der Waals surface area (Å²) in [4.78, 5) is 12.7. The maximum Gasteiger partial charge on any atom is 0.260 e. The summed E-state index contributed by atoms with van der Waals surface area (Å²) in [5.74, 6) is 1.22. The lowest BCUT2D eigenvalue weighted by molar-refractivity contribution is 0.102. The number of para-hydroxylation sites is 1. The average Bonchev–Trinajstić information content (AvgIpc) is 3.17. The van der Waals surface area contributed by atoms with Crippen LogP contribution < -0.4 is 10.1 Å². The molecule has 2 aromatic rings. The molecule has 0 unspecified atom stereocenters. The number of ether oxygens (including phenoxy) is 1. The number of carbonyl (C=O) groups is 1. The third kappa shape index (κ3) is 3.38. The first-order chi connectivity index (χ1) is 11.2. The number of rotatable bonds is 5. The van der Waals surface area contributed by atoms with Gasteiger partial charge >= 0.3 is 0 Å². The van der Waals surface area contributed by atoms with Crippen LogP contribution in [0, 0.1) is 6.92 Å². The summed E-state index contributed by atoms with van der Waals surface area (Å²) in [7, 11) is 0. The van der Waals surface area contributed by atoms with E-state index in [-0.39, 0.29) is 5.91 Å². The van der Waals surface area contributed by atoms with Crippen LogP contribution >= 0.6 is 0 Å². The zero-order valence-corrected chi connectivity index (χ0v) is 13.7. The highest BCUT2D eigenvalue weighted by Crippen LogP contribution is 2.32. The van der Waals surface area contributed by atoms with Crippen molar-refractivity contribution in [2.24, 2.45) is 0 Å². The van der Waals surface area contributed by atoms with E-state index in [1.807, 2.05) is 42.8 Å². The van der Waals surface area contributed by atoms with Gasteiger partial charge in [-0.3, -0.25) is 4.79 Å². The number of anilines is 1. The highest BCUT2D eigenvalue weighted by atomic mass is 16.5. The van der Waals surface area contributed by atoms with Crippen LogP contribution in [0.5, 0.6) is 5.75 Å². The molecular weight excluding hydrogens is 290 g/mol. The summed E-state index contributed by atoms with van der Waals surface area (Å²) in [6.07, 6.45) is 4.70. The number of nitrogens with one attached hydrogen (secondary N) is 1. The number of hydrogen-bond acceptors (Lipinski definition) is 3. The Hall–Kier alpha value is -2.30. The van der Waals surface area contributed by atoms with Crippen LogP contribution in [-0.4, -0.2) is 22.3 Å². The van der Waals surface area contributed by atoms with Gasteiger partial charge < -0.3 is 10.1 Å². The molecular formula is C18H23N3O2. The minimum Gasteiger partial charge on any atom is -0.493 e. The third-order valence-electron chi connectivity index (χ3n) is 4.20. The predicted molar refractivity (Wildman–Crippen MR) is 90.0 cm³/mol. The normalized spacial score (nSPS) is 14.9. The molecule has 3 rings (SSSR count). The summed E-state index contributed by atoms with van der Waals surface area (Å²) < 4.78 is 7.52. The predicted octanol–water partition coefficient (Wildman–Crippen LogP) is 3.96. The van der Waals surface area contributed by atoms with E-state index in [1.54, 1.807) is 6.07 Å². The van der Waals surface area contributed by atoms with Crippen LogP contribution in [0.3, 0.4) is 0 Å². The Morgan fingerprint density at radius 2 is 2.09 bits per heavy atom. The van der Waals surface area contributed by atoms with E-state index in [0.717, 1.165) is 24.4 Å². The molecule has 1 saturated carbocycles. The SMILES string of the molecule is CCOc1ccccc1C(=O)Nc1cc(C)nn1C1CCCC1. The molecule has 0 aliphatic heterocycles. The van der Waals surface area contributed by atoms with Gasteiger partial charge in [-0.05, 0) is 38.8 Å². The fourth-order valence-electron chi connectivity index (χ4n) is 3.16. The molecule has 0 saturated heterocycles. The molecule has 1 N–H and O–H groups in total. The molecule has 1 fully saturated rings. The Labute approximate surface area is 136 Å². The van der Waals surface area contributed by atoms with Crippen molar-refractivity contribution in [3.63, 3.8) is 0 Å². The second kappa shape index (κ2) is 6.86. The monoisotopic (exact) mass is 313 g/mol. The molecule has 23 heavy (non-hydrogen) atoms. The highest BCUT2D eigenvalue weighted by molar-refractivity contribution is 6.05. The number of aromatic nitrogens is 2. The van der Waals surface area contributed by atoms with Gasteiger partial charge in [0.05, 0.1) is 23.9 Å². The molecule has 0 radical (unpaired) electrons. The van der Waals surface area contributed by atoms with E-state index < -0.39 is 0 Å². The molecule has 0 bridgehead atoms. The van der Waals surface area contributed by atoms with E-state index in [9.17, 15) is 4.79 Å². The van der Waals surface area contributed by atoms with Crippen LogP contribution in [0.1, 0.15) is 54.7 Å². The van der Waals surface area contributed by atoms with Crippen molar-refractivity contribution in [3.8, 4) is 5.75 Å². The van der Waals surface area contributed by atoms with E-state index >= 15 is 0 Å². The van der Waals surface area contributed by atoms with Crippen molar-refractivity contribution in [3.05, 3.63) is 41.6 Å². The maximum absolute atomic E-state index is 12.7. The number of nitrogens with zero attached hydrogens (tertiary/aromatic N) is 2. The van der Waals surface area contributed by atoms with Gasteiger partial charge in [0.25, 0.3) is 5.91 Å². The van der Waals surface area contributed by atoms with Gasteiger partial charge in [-0.1, -0.05) is 25.0 Å². The fourth-order valence-corrected chi connectivity index (χ4v) is 3.16. The zero-order chi connectivity index (χ0) is 16.2. The van der Waals surface area contributed by atoms with Gasteiger partial charge in [0, 0.05) is 6.07 Å². The van der Waals surface area contributed by atoms with Crippen molar-refractivity contribution in [1.29, 1.82) is 0 Å². The van der Waals surface area contributed by atoms with Crippen molar-refractivity contribution < 1.29 is 9.53 Å². The first-order valence-electron chi connectivity index (χ1n) is 8.28. The lowest BCUT2D eigenvalue weighted by Crippen LogP contribution is -2.18. The van der Waals surface area contributed by atoms with Gasteiger partial charge in [-0.15, -0.1) is 0 Å². The summed E-state index contributed by atoms with van der Waals surface area (Å²) in [5, 5.41) is 7.57. The quantitative estimate of drug-likeness (QED) is 0.909. The van der Waals surface area contributed by atoms with E-state index in [4.69, 9.17) is 4.74 Å². The highest BCUT2D eigenvalue weighted by Gasteiger charge is 2.22. The molecule has 1 heterocycles. The standard InChI is InChI=1S/C18H23N3O2/c1-3-23-16-11-7-6-10-15(16)18(22)19-17-12-13(2)20-21(17)14-8-4-5-9-14/h6-7,10-12,14H,3-5,8-9H2,1-2H3,(H,19,22). The van der Waals surface area contributed by atoms with Gasteiger partial charge in [-0.25, -0.2) is 4.68 Å². The van der Waals surface area contributed by atoms with Crippen LogP contribution in [0.2, 0.25) is 0 Å². The number of carbonyl (C=O) groups excluding carboxylic acids is 1. The molecule has 5 nitrogen and oxygen atoms in total. The molecule has 5 heteroatoms. The lowest BCUT2D eigenvalue weighted by Gasteiger charge is -2.15. The maximum atomic E-state index is 12.7. The molecule has 1 aliphatic rings. The van der Waals surface area contributed by atoms with Crippen LogP contribution in [0.4, 0.5) is 5.82 Å². The first kappa shape index (κ1) is 15.6. The molecule has 122 valence electrons. The lowest BCUT2D eigenvalue weighted by atomic mass is 10.2. The van der Waals surface area contributed by atoms with Crippen LogP contribution in [0.15, 0.2) is 30.3 Å². The smallest absolute Gasteiger partial charge is 0.260 e. The molecule has 1 aromatic carbocycles. The minimum absolute atomic E-state index is 0.159. The second-order valence-corrected chi connectivity index (χ2v) is 5.94. The average molecular weight is 313 g/mol. The molecule has 1 aromatic heterocycles. The Bertz CT molecular complexity index is 687. The number of hydrogen-bond donors (Lipinski definition) is 1. The third-order valence-corrected chi connectivity index (χ3v) is 4.20.